The molecule has 3 aromatic rings. The van der Waals surface area contributed by atoms with E-state index >= 15 is 0 Å². The summed E-state index contributed by atoms with van der Waals surface area (Å²) < 4.78 is 6.02. The molecule has 2 unspecified atom stereocenters. The fourth-order valence-corrected chi connectivity index (χ4v) is 4.91. The van der Waals surface area contributed by atoms with Crippen molar-refractivity contribution in [2.45, 2.75) is 43.9 Å². The summed E-state index contributed by atoms with van der Waals surface area (Å²) in [5.74, 6) is 3.15. The van der Waals surface area contributed by atoms with E-state index in [0.29, 0.717) is 11.8 Å². The molecule has 2 heteroatoms. The third-order valence-electron chi connectivity index (χ3n) is 7.05. The first-order valence-electron chi connectivity index (χ1n) is 10.7. The lowest BCUT2D eigenvalue weighted by molar-refractivity contribution is 0.121. The summed E-state index contributed by atoms with van der Waals surface area (Å²) in [5, 5.41) is 0. The fourth-order valence-electron chi connectivity index (χ4n) is 4.91. The van der Waals surface area contributed by atoms with Gasteiger partial charge in [0.25, 0.3) is 0 Å². The normalized spacial score (nSPS) is 23.0. The fraction of sp³-hybridized carbons (Fsp3) is 0.346. The van der Waals surface area contributed by atoms with E-state index in [2.05, 4.69) is 60.7 Å². The molecule has 3 aliphatic rings. The lowest BCUT2D eigenvalue weighted by Crippen LogP contribution is -2.33. The van der Waals surface area contributed by atoms with Crippen molar-refractivity contribution >= 4 is 0 Å². The summed E-state index contributed by atoms with van der Waals surface area (Å²) in [4.78, 5) is 5.05. The Kier molecular flexibility index (Phi) is 3.78. The van der Waals surface area contributed by atoms with Crippen molar-refractivity contribution in [1.82, 2.24) is 4.98 Å². The molecule has 0 bridgehead atoms. The monoisotopic (exact) mass is 367 g/mol. The van der Waals surface area contributed by atoms with Gasteiger partial charge in [-0.25, -0.2) is 0 Å². The number of rotatable bonds is 3. The molecular formula is C26H25NO. The summed E-state index contributed by atoms with van der Waals surface area (Å²) in [6.07, 6.45) is 6.49. The third-order valence-corrected chi connectivity index (χ3v) is 7.05. The van der Waals surface area contributed by atoms with Gasteiger partial charge in [-0.05, 0) is 72.6 Å². The summed E-state index contributed by atoms with van der Waals surface area (Å²) in [5.41, 5.74) is 7.57. The number of pyridine rings is 1. The molecule has 1 aliphatic heterocycles. The van der Waals surface area contributed by atoms with Crippen LogP contribution in [0.4, 0.5) is 0 Å². The van der Waals surface area contributed by atoms with E-state index in [1.165, 1.54) is 60.1 Å². The minimum Gasteiger partial charge on any atom is -0.493 e. The smallest absolute Gasteiger partial charge is 0.122 e. The number of aromatic nitrogens is 1. The zero-order valence-corrected chi connectivity index (χ0v) is 16.1. The van der Waals surface area contributed by atoms with Crippen molar-refractivity contribution in [2.75, 3.05) is 6.61 Å². The topological polar surface area (TPSA) is 22.1 Å². The Morgan fingerprint density at radius 3 is 2.43 bits per heavy atom. The standard InChI is InChI=1S/C26H25NO/c1-2-5-17(6-3-1)24-14-21(15-25(27-24)18-7-4-8-18)19-10-12-26-23(13-19)22-11-9-20(22)16-28-26/h1-3,5-6,10,12-15,18,20,22H,4,7-9,11,16H2. The maximum Gasteiger partial charge on any atom is 0.122 e. The first-order valence-corrected chi connectivity index (χ1v) is 10.7. The van der Waals surface area contributed by atoms with Gasteiger partial charge >= 0.3 is 0 Å². The maximum absolute atomic E-state index is 6.02. The van der Waals surface area contributed by atoms with Gasteiger partial charge in [0.2, 0.25) is 0 Å². The number of benzene rings is 2. The van der Waals surface area contributed by atoms with Gasteiger partial charge < -0.3 is 4.74 Å². The SMILES string of the molecule is c1ccc(-c2cc(-c3ccc4c(c3)C3CCC3CO4)cc(C3CCC3)n2)cc1. The lowest BCUT2D eigenvalue weighted by atomic mass is 9.68. The Morgan fingerprint density at radius 2 is 1.68 bits per heavy atom. The van der Waals surface area contributed by atoms with Crippen LogP contribution >= 0.6 is 0 Å². The van der Waals surface area contributed by atoms with Crippen molar-refractivity contribution in [3.05, 3.63) is 71.9 Å². The molecule has 1 aromatic heterocycles. The second-order valence-electron chi connectivity index (χ2n) is 8.67. The first kappa shape index (κ1) is 16.4. The molecule has 140 valence electrons. The molecule has 2 nitrogen and oxygen atoms in total. The van der Waals surface area contributed by atoms with Crippen LogP contribution in [0.25, 0.3) is 22.4 Å². The van der Waals surface area contributed by atoms with E-state index in [1.54, 1.807) is 0 Å². The molecule has 0 spiro atoms. The lowest BCUT2D eigenvalue weighted by Gasteiger charge is -2.41. The van der Waals surface area contributed by atoms with Crippen molar-refractivity contribution in [2.24, 2.45) is 5.92 Å². The molecule has 0 radical (unpaired) electrons. The zero-order chi connectivity index (χ0) is 18.5. The van der Waals surface area contributed by atoms with Crippen LogP contribution in [0.3, 0.4) is 0 Å². The Hall–Kier alpha value is -2.61. The molecule has 0 amide bonds. The Bertz CT molecular complexity index is 1020. The molecular weight excluding hydrogens is 342 g/mol. The van der Waals surface area contributed by atoms with Gasteiger partial charge in [-0.3, -0.25) is 4.98 Å². The van der Waals surface area contributed by atoms with Gasteiger partial charge in [0.1, 0.15) is 5.75 Å². The van der Waals surface area contributed by atoms with Gasteiger partial charge in [-0.2, -0.15) is 0 Å². The minimum atomic E-state index is 0.624. The van der Waals surface area contributed by atoms with Crippen LogP contribution in [0, 0.1) is 5.92 Å². The van der Waals surface area contributed by atoms with Crippen LogP contribution in [0.15, 0.2) is 60.7 Å². The molecule has 0 N–H and O–H groups in total. The van der Waals surface area contributed by atoms with Crippen LogP contribution < -0.4 is 4.74 Å². The molecule has 28 heavy (non-hydrogen) atoms. The number of nitrogens with zero attached hydrogens (tertiary/aromatic N) is 1. The Labute approximate surface area is 166 Å². The van der Waals surface area contributed by atoms with Crippen LogP contribution in [0.5, 0.6) is 5.75 Å². The predicted octanol–water partition coefficient (Wildman–Crippen LogP) is 6.57. The van der Waals surface area contributed by atoms with Crippen LogP contribution in [0.1, 0.15) is 55.2 Å². The van der Waals surface area contributed by atoms with Crippen molar-refractivity contribution < 1.29 is 4.74 Å². The van der Waals surface area contributed by atoms with Gasteiger partial charge in [-0.15, -0.1) is 0 Å². The zero-order valence-electron chi connectivity index (χ0n) is 16.1. The molecule has 2 heterocycles. The summed E-state index contributed by atoms with van der Waals surface area (Å²) >= 11 is 0. The number of hydrogen-bond donors (Lipinski definition) is 0. The van der Waals surface area contributed by atoms with Gasteiger partial charge in [0, 0.05) is 23.1 Å². The Morgan fingerprint density at radius 1 is 0.786 bits per heavy atom. The van der Waals surface area contributed by atoms with Crippen molar-refractivity contribution in [3.8, 4) is 28.1 Å². The summed E-state index contributed by atoms with van der Waals surface area (Å²) in [6, 6.07) is 22.0. The van der Waals surface area contributed by atoms with Crippen LogP contribution in [0.2, 0.25) is 0 Å². The number of hydrogen-bond acceptors (Lipinski definition) is 2. The maximum atomic E-state index is 6.02. The largest absolute Gasteiger partial charge is 0.493 e. The molecule has 2 atom stereocenters. The van der Waals surface area contributed by atoms with Crippen molar-refractivity contribution in [1.29, 1.82) is 0 Å². The summed E-state index contributed by atoms with van der Waals surface area (Å²) in [7, 11) is 0. The second kappa shape index (κ2) is 6.48. The quantitative estimate of drug-likeness (QED) is 0.522. The Balaban J connectivity index is 1.46. The molecule has 2 saturated carbocycles. The van der Waals surface area contributed by atoms with E-state index in [9.17, 15) is 0 Å². The van der Waals surface area contributed by atoms with Crippen LogP contribution in [-0.4, -0.2) is 11.6 Å². The number of ether oxygens (including phenoxy) is 1. The molecule has 6 rings (SSSR count). The summed E-state index contributed by atoms with van der Waals surface area (Å²) in [6.45, 7) is 0.899. The average Bonchev–Trinajstić information content (AvgIpc) is 2.67. The van der Waals surface area contributed by atoms with E-state index in [4.69, 9.17) is 9.72 Å². The van der Waals surface area contributed by atoms with Crippen LogP contribution in [-0.2, 0) is 0 Å². The van der Waals surface area contributed by atoms with Gasteiger partial charge in [-0.1, -0.05) is 42.8 Å². The third kappa shape index (κ3) is 2.66. The molecule has 2 aromatic carbocycles. The van der Waals surface area contributed by atoms with Gasteiger partial charge in [0.15, 0.2) is 0 Å². The average molecular weight is 367 g/mol. The molecule has 2 aliphatic carbocycles. The highest BCUT2D eigenvalue weighted by Gasteiger charge is 2.37. The highest BCUT2D eigenvalue weighted by Crippen LogP contribution is 2.50. The second-order valence-corrected chi connectivity index (χ2v) is 8.67. The van der Waals surface area contributed by atoms with Crippen molar-refractivity contribution in [3.63, 3.8) is 0 Å². The van der Waals surface area contributed by atoms with E-state index in [1.807, 2.05) is 0 Å². The number of fused-ring (bicyclic) bond motifs is 3. The molecule has 0 saturated heterocycles. The van der Waals surface area contributed by atoms with E-state index in [0.717, 1.165) is 24.0 Å². The van der Waals surface area contributed by atoms with E-state index in [-0.39, 0.29) is 0 Å². The van der Waals surface area contributed by atoms with E-state index < -0.39 is 0 Å². The highest BCUT2D eigenvalue weighted by molar-refractivity contribution is 5.72. The predicted molar refractivity (Wildman–Crippen MR) is 113 cm³/mol. The molecule has 2 fully saturated rings. The van der Waals surface area contributed by atoms with Gasteiger partial charge in [0.05, 0.1) is 12.3 Å². The minimum absolute atomic E-state index is 0.624. The highest BCUT2D eigenvalue weighted by atomic mass is 16.5. The first-order chi connectivity index (χ1) is 13.8.